The number of terminal acetylenes is 1. The summed E-state index contributed by atoms with van der Waals surface area (Å²) in [4.78, 5) is 14.2. The molecule has 0 bridgehead atoms. The van der Waals surface area contributed by atoms with Crippen LogP contribution >= 0.6 is 0 Å². The molecule has 0 saturated carbocycles. The van der Waals surface area contributed by atoms with Gasteiger partial charge in [0, 0.05) is 31.0 Å². The van der Waals surface area contributed by atoms with Crippen LogP contribution in [0.15, 0.2) is 0 Å². The third kappa shape index (κ3) is 4.09. The van der Waals surface area contributed by atoms with E-state index >= 15 is 0 Å². The first-order valence-corrected chi connectivity index (χ1v) is 8.38. The number of amides is 1. The van der Waals surface area contributed by atoms with Gasteiger partial charge in [0.15, 0.2) is 0 Å². The molecule has 24 heavy (non-hydrogen) atoms. The summed E-state index contributed by atoms with van der Waals surface area (Å²) >= 11 is 0. The van der Waals surface area contributed by atoms with Gasteiger partial charge in [0.1, 0.15) is 5.60 Å². The average molecular weight is 333 g/mol. The first kappa shape index (κ1) is 18.3. The zero-order valence-corrected chi connectivity index (χ0v) is 15.0. The van der Waals surface area contributed by atoms with Crippen LogP contribution in [0.25, 0.3) is 0 Å². The van der Waals surface area contributed by atoms with Gasteiger partial charge in [-0.3, -0.25) is 4.68 Å². The van der Waals surface area contributed by atoms with E-state index in [1.165, 1.54) is 0 Å². The minimum Gasteiger partial charge on any atom is -0.444 e. The lowest BCUT2D eigenvalue weighted by atomic mass is 10.00. The second-order valence-corrected chi connectivity index (χ2v) is 7.22. The SMILES string of the molecule is C#CCCCn1nc2c(c1CO)CN(C(=O)OC(C)(C)C)[C@H](C)C2. The molecule has 2 heterocycles. The van der Waals surface area contributed by atoms with Crippen molar-refractivity contribution in [1.82, 2.24) is 14.7 Å². The minimum atomic E-state index is -0.531. The number of ether oxygens (including phenoxy) is 1. The highest BCUT2D eigenvalue weighted by molar-refractivity contribution is 5.69. The Kier molecular flexibility index (Phi) is 5.55. The predicted molar refractivity (Wildman–Crippen MR) is 91.2 cm³/mol. The number of nitrogens with zero attached hydrogens (tertiary/aromatic N) is 3. The molecule has 6 heteroatoms. The molecular formula is C18H27N3O3. The van der Waals surface area contributed by atoms with Gasteiger partial charge < -0.3 is 14.7 Å². The highest BCUT2D eigenvalue weighted by Crippen LogP contribution is 2.27. The van der Waals surface area contributed by atoms with E-state index in [9.17, 15) is 9.90 Å². The largest absolute Gasteiger partial charge is 0.444 e. The molecule has 1 amide bonds. The molecule has 1 aliphatic heterocycles. The molecule has 0 unspecified atom stereocenters. The summed E-state index contributed by atoms with van der Waals surface area (Å²) in [6.07, 6.45) is 7.11. The molecule has 0 radical (unpaired) electrons. The molecule has 1 atom stereocenters. The van der Waals surface area contributed by atoms with Crippen LogP contribution in [0.5, 0.6) is 0 Å². The smallest absolute Gasteiger partial charge is 0.410 e. The topological polar surface area (TPSA) is 67.6 Å². The van der Waals surface area contributed by atoms with Crippen LogP contribution in [0.4, 0.5) is 4.79 Å². The van der Waals surface area contributed by atoms with Crippen LogP contribution in [0.3, 0.4) is 0 Å². The van der Waals surface area contributed by atoms with Gasteiger partial charge in [0.25, 0.3) is 0 Å². The number of carbonyl (C=O) groups is 1. The number of aliphatic hydroxyl groups excluding tert-OH is 1. The number of carbonyl (C=O) groups excluding carboxylic acids is 1. The third-order valence-corrected chi connectivity index (χ3v) is 4.07. The monoisotopic (exact) mass is 333 g/mol. The number of hydrogen-bond donors (Lipinski definition) is 1. The lowest BCUT2D eigenvalue weighted by molar-refractivity contribution is 0.0136. The molecule has 1 aromatic heterocycles. The predicted octanol–water partition coefficient (Wildman–Crippen LogP) is 2.47. The number of rotatable bonds is 4. The summed E-state index contributed by atoms with van der Waals surface area (Å²) in [7, 11) is 0. The van der Waals surface area contributed by atoms with Crippen molar-refractivity contribution in [2.75, 3.05) is 0 Å². The van der Waals surface area contributed by atoms with Gasteiger partial charge in [-0.25, -0.2) is 4.79 Å². The average Bonchev–Trinajstić information content (AvgIpc) is 2.81. The van der Waals surface area contributed by atoms with Crippen LogP contribution in [-0.2, 0) is 30.9 Å². The van der Waals surface area contributed by atoms with E-state index in [1.807, 2.05) is 32.4 Å². The van der Waals surface area contributed by atoms with Crippen LogP contribution in [0, 0.1) is 12.3 Å². The van der Waals surface area contributed by atoms with Crippen molar-refractivity contribution in [3.63, 3.8) is 0 Å². The molecular weight excluding hydrogens is 306 g/mol. The molecule has 1 aromatic rings. The normalized spacial score (nSPS) is 17.3. The van der Waals surface area contributed by atoms with E-state index in [0.717, 1.165) is 23.4 Å². The maximum absolute atomic E-state index is 12.4. The van der Waals surface area contributed by atoms with Crippen LogP contribution in [0.1, 0.15) is 57.5 Å². The van der Waals surface area contributed by atoms with Crippen molar-refractivity contribution in [3.8, 4) is 12.3 Å². The zero-order valence-electron chi connectivity index (χ0n) is 15.0. The summed E-state index contributed by atoms with van der Waals surface area (Å²) in [5, 5.41) is 14.4. The van der Waals surface area contributed by atoms with Crippen molar-refractivity contribution < 1.29 is 14.6 Å². The van der Waals surface area contributed by atoms with E-state index in [-0.39, 0.29) is 18.7 Å². The maximum Gasteiger partial charge on any atom is 0.410 e. The van der Waals surface area contributed by atoms with Crippen LogP contribution < -0.4 is 0 Å². The second-order valence-electron chi connectivity index (χ2n) is 7.22. The van der Waals surface area contributed by atoms with E-state index in [1.54, 1.807) is 4.90 Å². The Morgan fingerprint density at radius 1 is 1.50 bits per heavy atom. The Morgan fingerprint density at radius 2 is 2.21 bits per heavy atom. The van der Waals surface area contributed by atoms with Crippen molar-refractivity contribution in [2.45, 2.75) is 78.3 Å². The molecule has 2 rings (SSSR count). The summed E-state index contributed by atoms with van der Waals surface area (Å²) in [6, 6.07) is 0.00736. The first-order chi connectivity index (χ1) is 11.3. The number of hydrogen-bond acceptors (Lipinski definition) is 4. The van der Waals surface area contributed by atoms with Crippen molar-refractivity contribution in [1.29, 1.82) is 0 Å². The fourth-order valence-electron chi connectivity index (χ4n) is 2.91. The Labute approximate surface area is 143 Å². The zero-order chi connectivity index (χ0) is 17.9. The standard InChI is InChI=1S/C18H27N3O3/c1-6-7-8-9-21-16(12-22)14-11-20(13(2)10-15(14)19-21)17(23)24-18(3,4)5/h1,13,22H,7-12H2,2-5H3/t13-/m1/s1. The quantitative estimate of drug-likeness (QED) is 0.679. The van der Waals surface area contributed by atoms with Gasteiger partial charge >= 0.3 is 6.09 Å². The molecule has 1 N–H and O–H groups in total. The third-order valence-electron chi connectivity index (χ3n) is 4.07. The van der Waals surface area contributed by atoms with E-state index in [4.69, 9.17) is 11.2 Å². The second kappa shape index (κ2) is 7.27. The highest BCUT2D eigenvalue weighted by atomic mass is 16.6. The number of aliphatic hydroxyl groups is 1. The molecule has 0 saturated heterocycles. The lowest BCUT2D eigenvalue weighted by Gasteiger charge is -2.34. The Bertz CT molecular complexity index is 637. The Hall–Kier alpha value is -2.00. The van der Waals surface area contributed by atoms with Gasteiger partial charge in [-0.2, -0.15) is 5.10 Å². The number of aryl methyl sites for hydroxylation is 1. The molecule has 6 nitrogen and oxygen atoms in total. The molecule has 0 fully saturated rings. The molecule has 132 valence electrons. The molecule has 0 aliphatic carbocycles. The minimum absolute atomic E-state index is 0.00736. The molecule has 0 aromatic carbocycles. The lowest BCUT2D eigenvalue weighted by Crippen LogP contribution is -2.45. The Morgan fingerprint density at radius 3 is 2.79 bits per heavy atom. The summed E-state index contributed by atoms with van der Waals surface area (Å²) in [5.41, 5.74) is 2.12. The summed E-state index contributed by atoms with van der Waals surface area (Å²) < 4.78 is 7.32. The number of fused-ring (bicyclic) bond motifs is 1. The van der Waals surface area contributed by atoms with E-state index in [0.29, 0.717) is 25.9 Å². The number of aromatic nitrogens is 2. The highest BCUT2D eigenvalue weighted by Gasteiger charge is 2.33. The van der Waals surface area contributed by atoms with Crippen LogP contribution in [-0.4, -0.2) is 37.5 Å². The van der Waals surface area contributed by atoms with Gasteiger partial charge in [-0.05, 0) is 34.1 Å². The number of unbranched alkanes of at least 4 members (excludes halogenated alkanes) is 1. The first-order valence-electron chi connectivity index (χ1n) is 8.38. The van der Waals surface area contributed by atoms with Crippen molar-refractivity contribution >= 4 is 6.09 Å². The maximum atomic E-state index is 12.4. The summed E-state index contributed by atoms with van der Waals surface area (Å²) in [5.74, 6) is 2.61. The van der Waals surface area contributed by atoms with E-state index in [2.05, 4.69) is 11.0 Å². The fourth-order valence-corrected chi connectivity index (χ4v) is 2.91. The van der Waals surface area contributed by atoms with Gasteiger partial charge in [0.2, 0.25) is 0 Å². The Balaban J connectivity index is 2.21. The summed E-state index contributed by atoms with van der Waals surface area (Å²) in [6.45, 7) is 8.54. The van der Waals surface area contributed by atoms with Gasteiger partial charge in [0.05, 0.1) is 24.5 Å². The van der Waals surface area contributed by atoms with Crippen molar-refractivity contribution in [3.05, 3.63) is 17.0 Å². The van der Waals surface area contributed by atoms with Crippen molar-refractivity contribution in [2.24, 2.45) is 0 Å². The van der Waals surface area contributed by atoms with Crippen LogP contribution in [0.2, 0.25) is 0 Å². The van der Waals surface area contributed by atoms with E-state index < -0.39 is 5.60 Å². The fraction of sp³-hybridized carbons (Fsp3) is 0.667. The molecule has 0 spiro atoms. The van der Waals surface area contributed by atoms with Gasteiger partial charge in [-0.1, -0.05) is 0 Å². The van der Waals surface area contributed by atoms with Gasteiger partial charge in [-0.15, -0.1) is 12.3 Å². The molecule has 1 aliphatic rings.